The normalized spacial score (nSPS) is 15.8. The van der Waals surface area contributed by atoms with Crippen molar-refractivity contribution in [3.63, 3.8) is 0 Å². The van der Waals surface area contributed by atoms with Crippen LogP contribution >= 0.6 is 11.6 Å². The maximum Gasteiger partial charge on any atom is 0.410 e. The van der Waals surface area contributed by atoms with E-state index in [1.54, 1.807) is 4.90 Å². The first-order valence-electron chi connectivity index (χ1n) is 8.37. The van der Waals surface area contributed by atoms with Crippen molar-refractivity contribution in [1.29, 1.82) is 0 Å². The average Bonchev–Trinajstić information content (AvgIpc) is 2.50. The number of likely N-dealkylation sites (tertiary alicyclic amines) is 1. The van der Waals surface area contributed by atoms with Crippen LogP contribution in [0.3, 0.4) is 0 Å². The number of nitrogens with one attached hydrogen (secondary N) is 1. The zero-order valence-corrected chi connectivity index (χ0v) is 15.5. The highest BCUT2D eigenvalue weighted by Crippen LogP contribution is 2.24. The minimum Gasteiger partial charge on any atom is -0.444 e. The Morgan fingerprint density at radius 3 is 2.52 bits per heavy atom. The molecule has 138 valence electrons. The van der Waals surface area contributed by atoms with Gasteiger partial charge in [-0.25, -0.2) is 9.18 Å². The molecule has 0 aliphatic carbocycles. The molecule has 25 heavy (non-hydrogen) atoms. The largest absolute Gasteiger partial charge is 0.444 e. The van der Waals surface area contributed by atoms with E-state index in [-0.39, 0.29) is 22.9 Å². The Hall–Kier alpha value is -1.82. The van der Waals surface area contributed by atoms with Gasteiger partial charge in [0, 0.05) is 25.2 Å². The first-order chi connectivity index (χ1) is 11.6. The molecule has 1 aromatic rings. The van der Waals surface area contributed by atoms with Gasteiger partial charge in [0.05, 0.1) is 5.02 Å². The van der Waals surface area contributed by atoms with Crippen LogP contribution in [0.4, 0.5) is 14.9 Å². The summed E-state index contributed by atoms with van der Waals surface area (Å²) in [7, 11) is 0. The summed E-state index contributed by atoms with van der Waals surface area (Å²) in [5.41, 5.74) is -0.0351. The molecule has 7 heteroatoms. The van der Waals surface area contributed by atoms with Crippen molar-refractivity contribution >= 4 is 29.3 Å². The van der Waals surface area contributed by atoms with Crippen molar-refractivity contribution in [2.24, 2.45) is 5.92 Å². The van der Waals surface area contributed by atoms with Crippen LogP contribution in [0, 0.1) is 11.7 Å². The molecule has 5 nitrogen and oxygen atoms in total. The Balaban J connectivity index is 1.78. The first kappa shape index (κ1) is 19.5. The standard InChI is InChI=1S/C18H24ClFN2O3/c1-18(2,3)25-17(24)22-8-6-12(7-9-22)10-16(23)21-13-4-5-15(20)14(19)11-13/h4-5,11-12H,6-10H2,1-3H3,(H,21,23). The Bertz CT molecular complexity index is 638. The van der Waals surface area contributed by atoms with Gasteiger partial charge in [0.15, 0.2) is 0 Å². The molecule has 0 aromatic heterocycles. The van der Waals surface area contributed by atoms with Crippen molar-refractivity contribution in [3.05, 3.63) is 29.0 Å². The van der Waals surface area contributed by atoms with E-state index in [2.05, 4.69) is 5.32 Å². The number of piperidine rings is 1. The number of nitrogens with zero attached hydrogens (tertiary/aromatic N) is 1. The van der Waals surface area contributed by atoms with Crippen LogP contribution in [-0.2, 0) is 9.53 Å². The molecule has 1 heterocycles. The van der Waals surface area contributed by atoms with Crippen LogP contribution in [-0.4, -0.2) is 35.6 Å². The van der Waals surface area contributed by atoms with E-state index in [1.165, 1.54) is 18.2 Å². The lowest BCUT2D eigenvalue weighted by atomic mass is 9.93. The highest BCUT2D eigenvalue weighted by molar-refractivity contribution is 6.31. The number of carbonyl (C=O) groups is 2. The van der Waals surface area contributed by atoms with Crippen molar-refractivity contribution in [3.8, 4) is 0 Å². The molecule has 0 bridgehead atoms. The van der Waals surface area contributed by atoms with Gasteiger partial charge in [-0.2, -0.15) is 0 Å². The minimum absolute atomic E-state index is 0.0246. The van der Waals surface area contributed by atoms with Gasteiger partial charge < -0.3 is 15.0 Å². The fourth-order valence-electron chi connectivity index (χ4n) is 2.69. The Labute approximate surface area is 152 Å². The Morgan fingerprint density at radius 1 is 1.32 bits per heavy atom. The SMILES string of the molecule is CC(C)(C)OC(=O)N1CCC(CC(=O)Nc2ccc(F)c(Cl)c2)CC1. The molecule has 0 spiro atoms. The maximum absolute atomic E-state index is 13.1. The molecule has 1 fully saturated rings. The summed E-state index contributed by atoms with van der Waals surface area (Å²) in [6.07, 6.45) is 1.54. The molecule has 0 saturated carbocycles. The van der Waals surface area contributed by atoms with Crippen LogP contribution in [0.25, 0.3) is 0 Å². The molecular weight excluding hydrogens is 347 g/mol. The average molecular weight is 371 g/mol. The van der Waals surface area contributed by atoms with Gasteiger partial charge in [-0.15, -0.1) is 0 Å². The maximum atomic E-state index is 13.1. The molecule has 1 aliphatic rings. The zero-order valence-electron chi connectivity index (χ0n) is 14.8. The predicted molar refractivity (Wildman–Crippen MR) is 95.2 cm³/mol. The molecule has 0 atom stereocenters. The molecule has 2 amide bonds. The van der Waals surface area contributed by atoms with Crippen LogP contribution in [0.2, 0.25) is 5.02 Å². The second-order valence-corrected chi connectivity index (χ2v) is 7.70. The number of rotatable bonds is 3. The summed E-state index contributed by atoms with van der Waals surface area (Å²) in [5, 5.41) is 2.70. The second kappa shape index (κ2) is 8.04. The van der Waals surface area contributed by atoms with E-state index in [4.69, 9.17) is 16.3 Å². The summed E-state index contributed by atoms with van der Waals surface area (Å²) in [5.74, 6) is -0.456. The lowest BCUT2D eigenvalue weighted by molar-refractivity contribution is -0.117. The third kappa shape index (κ3) is 6.20. The molecule has 1 N–H and O–H groups in total. The second-order valence-electron chi connectivity index (χ2n) is 7.29. The number of benzene rings is 1. The lowest BCUT2D eigenvalue weighted by Gasteiger charge is -2.33. The Kier molecular flexibility index (Phi) is 6.27. The molecule has 1 aromatic carbocycles. The quantitative estimate of drug-likeness (QED) is 0.854. The van der Waals surface area contributed by atoms with Gasteiger partial charge in [0.25, 0.3) is 0 Å². The molecule has 1 aliphatic heterocycles. The van der Waals surface area contributed by atoms with E-state index in [0.717, 1.165) is 12.8 Å². The van der Waals surface area contributed by atoms with Crippen molar-refractivity contribution in [2.45, 2.75) is 45.6 Å². The van der Waals surface area contributed by atoms with E-state index in [0.29, 0.717) is 25.2 Å². The number of amides is 2. The van der Waals surface area contributed by atoms with E-state index >= 15 is 0 Å². The van der Waals surface area contributed by atoms with Gasteiger partial charge in [0.2, 0.25) is 5.91 Å². The Morgan fingerprint density at radius 2 is 1.96 bits per heavy atom. The molecular formula is C18H24ClFN2O3. The number of hydrogen-bond donors (Lipinski definition) is 1. The molecule has 1 saturated heterocycles. The third-order valence-electron chi connectivity index (χ3n) is 3.94. The topological polar surface area (TPSA) is 58.6 Å². The van der Waals surface area contributed by atoms with Crippen LogP contribution in [0.1, 0.15) is 40.0 Å². The monoisotopic (exact) mass is 370 g/mol. The highest BCUT2D eigenvalue weighted by Gasteiger charge is 2.27. The van der Waals surface area contributed by atoms with Crippen LogP contribution < -0.4 is 5.32 Å². The number of anilines is 1. The predicted octanol–water partition coefficient (Wildman–Crippen LogP) is 4.45. The summed E-state index contributed by atoms with van der Waals surface area (Å²) in [6.45, 7) is 6.67. The number of ether oxygens (including phenoxy) is 1. The zero-order chi connectivity index (χ0) is 18.6. The molecule has 0 unspecified atom stereocenters. The smallest absolute Gasteiger partial charge is 0.410 e. The van der Waals surface area contributed by atoms with Crippen molar-refractivity contribution in [1.82, 2.24) is 4.90 Å². The molecule has 0 radical (unpaired) electrons. The van der Waals surface area contributed by atoms with E-state index in [1.807, 2.05) is 20.8 Å². The highest BCUT2D eigenvalue weighted by atomic mass is 35.5. The van der Waals surface area contributed by atoms with Crippen LogP contribution in [0.5, 0.6) is 0 Å². The van der Waals surface area contributed by atoms with Gasteiger partial charge in [-0.3, -0.25) is 4.79 Å². The summed E-state index contributed by atoms with van der Waals surface area (Å²) in [6, 6.07) is 4.08. The minimum atomic E-state index is -0.519. The fraction of sp³-hybridized carbons (Fsp3) is 0.556. The summed E-state index contributed by atoms with van der Waals surface area (Å²) >= 11 is 5.70. The third-order valence-corrected chi connectivity index (χ3v) is 4.23. The number of carbonyl (C=O) groups excluding carboxylic acids is 2. The van der Waals surface area contributed by atoms with Gasteiger partial charge in [-0.05, 0) is 57.7 Å². The first-order valence-corrected chi connectivity index (χ1v) is 8.74. The number of hydrogen-bond acceptors (Lipinski definition) is 3. The van der Waals surface area contributed by atoms with Crippen LogP contribution in [0.15, 0.2) is 18.2 Å². The van der Waals surface area contributed by atoms with Gasteiger partial charge >= 0.3 is 6.09 Å². The molecule has 2 rings (SSSR count). The summed E-state index contributed by atoms with van der Waals surface area (Å²) < 4.78 is 18.5. The summed E-state index contributed by atoms with van der Waals surface area (Å²) in [4.78, 5) is 25.8. The van der Waals surface area contributed by atoms with Gasteiger partial charge in [0.1, 0.15) is 11.4 Å². The van der Waals surface area contributed by atoms with E-state index < -0.39 is 11.4 Å². The fourth-order valence-corrected chi connectivity index (χ4v) is 2.87. The van der Waals surface area contributed by atoms with Gasteiger partial charge in [-0.1, -0.05) is 11.6 Å². The lowest BCUT2D eigenvalue weighted by Crippen LogP contribution is -2.42. The van der Waals surface area contributed by atoms with E-state index in [9.17, 15) is 14.0 Å². The van der Waals surface area contributed by atoms with Crippen molar-refractivity contribution < 1.29 is 18.7 Å². The van der Waals surface area contributed by atoms with Crippen molar-refractivity contribution in [2.75, 3.05) is 18.4 Å². The number of halogens is 2.